The van der Waals surface area contributed by atoms with Gasteiger partial charge in [0.2, 0.25) is 5.88 Å². The molecule has 1 N–H and O–H groups in total. The normalized spacial score (nSPS) is 27.6. The lowest BCUT2D eigenvalue weighted by Crippen LogP contribution is -2.42. The number of aryl methyl sites for hydroxylation is 1. The lowest BCUT2D eigenvalue weighted by molar-refractivity contribution is -0.0133. The molecule has 3 aliphatic rings. The molecule has 5 rings (SSSR count). The molecule has 0 spiro atoms. The maximum absolute atomic E-state index is 13.3. The van der Waals surface area contributed by atoms with Gasteiger partial charge in [-0.15, -0.1) is 0 Å². The lowest BCUT2D eigenvalue weighted by atomic mass is 9.75. The monoisotopic (exact) mass is 465 g/mol. The highest BCUT2D eigenvalue weighted by atomic mass is 16.6. The second-order valence-electron chi connectivity index (χ2n) is 10.5. The van der Waals surface area contributed by atoms with Crippen molar-refractivity contribution in [1.29, 1.82) is 5.26 Å². The number of fused-ring (bicyclic) bond motifs is 5. The molecule has 2 aliphatic heterocycles. The Morgan fingerprint density at radius 3 is 2.76 bits per heavy atom. The maximum atomic E-state index is 13.3. The molecule has 9 heteroatoms. The van der Waals surface area contributed by atoms with Crippen molar-refractivity contribution in [2.24, 2.45) is 17.8 Å². The van der Waals surface area contributed by atoms with E-state index in [2.05, 4.69) is 25.8 Å². The van der Waals surface area contributed by atoms with Crippen LogP contribution in [-0.2, 0) is 4.74 Å². The minimum absolute atomic E-state index is 0.108. The van der Waals surface area contributed by atoms with Gasteiger partial charge < -0.3 is 9.84 Å². The van der Waals surface area contributed by atoms with Crippen molar-refractivity contribution in [2.45, 2.75) is 71.6 Å². The number of amides is 1. The Morgan fingerprint density at radius 2 is 2.09 bits per heavy atom. The number of likely N-dealkylation sites (tertiary alicyclic amines) is 1. The first-order valence-electron chi connectivity index (χ1n) is 12.1. The summed E-state index contributed by atoms with van der Waals surface area (Å²) in [7, 11) is 0. The van der Waals surface area contributed by atoms with E-state index in [-0.39, 0.29) is 35.5 Å². The van der Waals surface area contributed by atoms with E-state index in [1.54, 1.807) is 22.5 Å². The van der Waals surface area contributed by atoms with Gasteiger partial charge in [0.1, 0.15) is 23.6 Å². The van der Waals surface area contributed by atoms with E-state index in [0.717, 1.165) is 19.3 Å². The number of ether oxygens (including phenoxy) is 1. The SMILES string of the molecule is Cc1cc(-n2c(O)c3n(c2=O)[C@H]2C[C@@H]3N(C(=O)O[C@H]3CC(C)CC[C@@H]3C(C)C)C2)cnc1C#N. The summed E-state index contributed by atoms with van der Waals surface area (Å²) in [6.45, 7) is 8.68. The largest absolute Gasteiger partial charge is 0.493 e. The number of carbonyl (C=O) groups excluding carboxylic acids is 1. The molecule has 1 unspecified atom stereocenters. The van der Waals surface area contributed by atoms with Gasteiger partial charge in [-0.25, -0.2) is 19.1 Å². The number of rotatable bonds is 3. The highest BCUT2D eigenvalue weighted by molar-refractivity contribution is 5.70. The maximum Gasteiger partial charge on any atom is 0.410 e. The zero-order valence-corrected chi connectivity index (χ0v) is 20.1. The molecule has 0 aromatic carbocycles. The van der Waals surface area contributed by atoms with E-state index in [1.807, 2.05) is 6.07 Å². The molecule has 2 bridgehead atoms. The van der Waals surface area contributed by atoms with Crippen LogP contribution in [0.1, 0.15) is 75.5 Å². The topological polar surface area (TPSA) is 113 Å². The third-order valence-corrected chi connectivity index (χ3v) is 7.93. The molecule has 4 heterocycles. The number of aromatic nitrogens is 3. The van der Waals surface area contributed by atoms with Crippen LogP contribution in [0.15, 0.2) is 17.1 Å². The van der Waals surface area contributed by atoms with Crippen LogP contribution in [0.4, 0.5) is 4.79 Å². The van der Waals surface area contributed by atoms with Crippen LogP contribution in [-0.4, -0.2) is 42.9 Å². The number of pyridine rings is 1. The molecule has 1 saturated heterocycles. The second-order valence-corrected chi connectivity index (χ2v) is 10.5. The van der Waals surface area contributed by atoms with E-state index in [4.69, 9.17) is 10.00 Å². The molecule has 2 aromatic heterocycles. The quantitative estimate of drug-likeness (QED) is 0.737. The molecule has 180 valence electrons. The highest BCUT2D eigenvalue weighted by Crippen LogP contribution is 2.49. The Kier molecular flexibility index (Phi) is 5.42. The molecule has 2 fully saturated rings. The van der Waals surface area contributed by atoms with E-state index in [0.29, 0.717) is 47.7 Å². The van der Waals surface area contributed by atoms with Crippen molar-refractivity contribution >= 4 is 6.09 Å². The number of hydrogen-bond acceptors (Lipinski definition) is 6. The minimum Gasteiger partial charge on any atom is -0.493 e. The van der Waals surface area contributed by atoms with Crippen molar-refractivity contribution in [3.8, 4) is 17.6 Å². The van der Waals surface area contributed by atoms with Crippen LogP contribution >= 0.6 is 0 Å². The number of aromatic hydroxyl groups is 1. The van der Waals surface area contributed by atoms with Crippen molar-refractivity contribution in [2.75, 3.05) is 6.54 Å². The predicted octanol–water partition coefficient (Wildman–Crippen LogP) is 3.82. The van der Waals surface area contributed by atoms with Crippen LogP contribution in [0.5, 0.6) is 5.88 Å². The average Bonchev–Trinajstić information content (AvgIpc) is 3.45. The van der Waals surface area contributed by atoms with Crippen LogP contribution in [0.25, 0.3) is 5.69 Å². The molecule has 2 aromatic rings. The summed E-state index contributed by atoms with van der Waals surface area (Å²) in [5.74, 6) is 1.12. The third-order valence-electron chi connectivity index (χ3n) is 7.93. The molecular weight excluding hydrogens is 434 g/mol. The number of carbonyl (C=O) groups is 1. The Hall–Kier alpha value is -3.28. The van der Waals surface area contributed by atoms with Gasteiger partial charge in [-0.1, -0.05) is 27.2 Å². The van der Waals surface area contributed by atoms with Crippen molar-refractivity contribution in [3.63, 3.8) is 0 Å². The predicted molar refractivity (Wildman–Crippen MR) is 124 cm³/mol. The first-order chi connectivity index (χ1) is 16.2. The van der Waals surface area contributed by atoms with Gasteiger partial charge in [0.25, 0.3) is 0 Å². The van der Waals surface area contributed by atoms with Crippen molar-refractivity contribution < 1.29 is 14.6 Å². The summed E-state index contributed by atoms with van der Waals surface area (Å²) < 4.78 is 8.87. The Bertz CT molecular complexity index is 1240. The van der Waals surface area contributed by atoms with E-state index in [1.165, 1.54) is 10.8 Å². The molecular formula is C25H31N5O4. The van der Waals surface area contributed by atoms with E-state index < -0.39 is 6.04 Å². The van der Waals surface area contributed by atoms with Crippen molar-refractivity contribution in [3.05, 3.63) is 39.7 Å². The first kappa shape index (κ1) is 22.5. The fraction of sp³-hybridized carbons (Fsp3) is 0.600. The zero-order valence-electron chi connectivity index (χ0n) is 20.1. The number of hydrogen-bond donors (Lipinski definition) is 1. The standard InChI is InChI=1S/C25H31N5O4/c1-13(2)18-6-5-14(3)7-21(18)34-25(33)28-12-17-9-20(28)22-23(31)30(24(32)29(17)22)16-8-15(4)19(10-26)27-11-16/h8,11,13-14,17-18,20-21,31H,5-7,9,12H2,1-4H3/t14?,17-,18+,20-,21-/m0/s1. The number of nitriles is 1. The Labute approximate surface area is 198 Å². The summed E-state index contributed by atoms with van der Waals surface area (Å²) in [4.78, 5) is 32.3. The van der Waals surface area contributed by atoms with Gasteiger partial charge in [-0.2, -0.15) is 5.26 Å². The van der Waals surface area contributed by atoms with Gasteiger partial charge in [0.15, 0.2) is 0 Å². The minimum atomic E-state index is -0.405. The van der Waals surface area contributed by atoms with Crippen LogP contribution < -0.4 is 5.69 Å². The van der Waals surface area contributed by atoms with Gasteiger partial charge >= 0.3 is 11.8 Å². The molecule has 5 atom stereocenters. The fourth-order valence-electron chi connectivity index (χ4n) is 6.13. The van der Waals surface area contributed by atoms with Crippen LogP contribution in [0.3, 0.4) is 0 Å². The summed E-state index contributed by atoms with van der Waals surface area (Å²) in [5.41, 5.74) is 1.36. The summed E-state index contributed by atoms with van der Waals surface area (Å²) in [5, 5.41) is 20.2. The summed E-state index contributed by atoms with van der Waals surface area (Å²) in [6, 6.07) is 3.06. The molecule has 1 saturated carbocycles. The smallest absolute Gasteiger partial charge is 0.410 e. The van der Waals surface area contributed by atoms with E-state index in [9.17, 15) is 14.7 Å². The summed E-state index contributed by atoms with van der Waals surface area (Å²) >= 11 is 0. The van der Waals surface area contributed by atoms with Crippen LogP contribution in [0, 0.1) is 36.0 Å². The van der Waals surface area contributed by atoms with Gasteiger partial charge in [-0.05, 0) is 55.6 Å². The highest BCUT2D eigenvalue weighted by Gasteiger charge is 2.50. The van der Waals surface area contributed by atoms with Crippen molar-refractivity contribution in [1.82, 2.24) is 19.0 Å². The molecule has 9 nitrogen and oxygen atoms in total. The fourth-order valence-corrected chi connectivity index (χ4v) is 6.13. The number of nitrogens with zero attached hydrogens (tertiary/aromatic N) is 5. The molecule has 34 heavy (non-hydrogen) atoms. The Balaban J connectivity index is 1.42. The first-order valence-corrected chi connectivity index (χ1v) is 12.1. The number of imidazole rings is 1. The van der Waals surface area contributed by atoms with E-state index >= 15 is 0 Å². The summed E-state index contributed by atoms with van der Waals surface area (Å²) in [6.07, 6.45) is 4.61. The van der Waals surface area contributed by atoms with Gasteiger partial charge in [0.05, 0.1) is 24.0 Å². The average molecular weight is 466 g/mol. The zero-order chi connectivity index (χ0) is 24.3. The third kappa shape index (κ3) is 3.39. The molecule has 1 aliphatic carbocycles. The van der Waals surface area contributed by atoms with Crippen LogP contribution in [0.2, 0.25) is 0 Å². The lowest BCUT2D eigenvalue weighted by Gasteiger charge is -2.38. The van der Waals surface area contributed by atoms with Gasteiger partial charge in [0, 0.05) is 6.54 Å². The van der Waals surface area contributed by atoms with Gasteiger partial charge in [-0.3, -0.25) is 9.47 Å². The molecule has 1 amide bonds. The second kappa shape index (κ2) is 8.19. The Morgan fingerprint density at radius 1 is 1.32 bits per heavy atom. The molecule has 0 radical (unpaired) electrons.